The Balaban J connectivity index is 2.60. The maximum absolute atomic E-state index is 12.5. The summed E-state index contributed by atoms with van der Waals surface area (Å²) in [6.45, 7) is 6.68. The van der Waals surface area contributed by atoms with Gasteiger partial charge in [0.1, 0.15) is 5.75 Å². The molecule has 4 heteroatoms. The smallest absolute Gasteiger partial charge is 0.162 e. The first kappa shape index (κ1) is 19.4. The highest BCUT2D eigenvalue weighted by Crippen LogP contribution is 2.20. The molecule has 0 aliphatic carbocycles. The fourth-order valence-corrected chi connectivity index (χ4v) is 2.32. The fraction of sp³-hybridized carbons (Fsp3) is 0.526. The van der Waals surface area contributed by atoms with Crippen LogP contribution in [0.1, 0.15) is 19.4 Å². The van der Waals surface area contributed by atoms with Crippen LogP contribution in [-0.2, 0) is 4.79 Å². The standard InChI is InChI=1S/C19H30N2O2/c1-19(2,15-21(5)14-13-20(3)4)18(22)12-9-16-7-10-17(23-6)11-8-16/h7-12H,13-15H2,1-6H3/b12-9-. The maximum Gasteiger partial charge on any atom is 0.162 e. The van der Waals surface area contributed by atoms with Gasteiger partial charge in [0.2, 0.25) is 0 Å². The first-order chi connectivity index (χ1) is 10.7. The molecule has 0 atom stereocenters. The molecule has 0 heterocycles. The zero-order valence-electron chi connectivity index (χ0n) is 15.3. The molecule has 0 radical (unpaired) electrons. The number of hydrogen-bond acceptors (Lipinski definition) is 4. The number of rotatable bonds is 9. The first-order valence-corrected chi connectivity index (χ1v) is 7.94. The average Bonchev–Trinajstić information content (AvgIpc) is 2.50. The SMILES string of the molecule is COc1ccc(/C=C\C(=O)C(C)(C)CN(C)CCN(C)C)cc1. The second kappa shape index (κ2) is 8.85. The van der Waals surface area contributed by atoms with E-state index in [1.54, 1.807) is 13.2 Å². The van der Waals surface area contributed by atoms with E-state index in [0.29, 0.717) is 0 Å². The molecule has 23 heavy (non-hydrogen) atoms. The van der Waals surface area contributed by atoms with Crippen LogP contribution < -0.4 is 4.74 Å². The van der Waals surface area contributed by atoms with Gasteiger partial charge < -0.3 is 14.5 Å². The van der Waals surface area contributed by atoms with Gasteiger partial charge in [0, 0.05) is 25.0 Å². The van der Waals surface area contributed by atoms with Gasteiger partial charge in [-0.25, -0.2) is 0 Å². The normalized spacial score (nSPS) is 12.3. The largest absolute Gasteiger partial charge is 0.497 e. The van der Waals surface area contributed by atoms with Crippen LogP contribution in [0.15, 0.2) is 30.3 Å². The van der Waals surface area contributed by atoms with Crippen LogP contribution in [0.3, 0.4) is 0 Å². The number of ketones is 1. The van der Waals surface area contributed by atoms with E-state index < -0.39 is 5.41 Å². The number of hydrogen-bond donors (Lipinski definition) is 0. The Labute approximate surface area is 140 Å². The van der Waals surface area contributed by atoms with Crippen molar-refractivity contribution in [2.45, 2.75) is 13.8 Å². The molecule has 0 N–H and O–H groups in total. The minimum absolute atomic E-state index is 0.144. The zero-order chi connectivity index (χ0) is 17.5. The van der Waals surface area contributed by atoms with Crippen molar-refractivity contribution in [2.75, 3.05) is 47.9 Å². The van der Waals surface area contributed by atoms with Crippen LogP contribution in [0, 0.1) is 5.41 Å². The van der Waals surface area contributed by atoms with E-state index in [1.165, 1.54) is 0 Å². The summed E-state index contributed by atoms with van der Waals surface area (Å²) in [6.07, 6.45) is 3.55. The highest BCUT2D eigenvalue weighted by molar-refractivity contribution is 5.97. The summed E-state index contributed by atoms with van der Waals surface area (Å²) in [6, 6.07) is 7.67. The van der Waals surface area contributed by atoms with E-state index in [4.69, 9.17) is 4.74 Å². The number of methoxy groups -OCH3 is 1. The summed E-state index contributed by atoms with van der Waals surface area (Å²) < 4.78 is 5.13. The molecule has 0 amide bonds. The Morgan fingerprint density at radius 3 is 2.26 bits per heavy atom. The lowest BCUT2D eigenvalue weighted by Crippen LogP contribution is -2.39. The van der Waals surface area contributed by atoms with Gasteiger partial charge in [-0.1, -0.05) is 32.1 Å². The third-order valence-electron chi connectivity index (χ3n) is 3.80. The molecule has 0 aromatic heterocycles. The molecule has 0 fully saturated rings. The topological polar surface area (TPSA) is 32.8 Å². The predicted molar refractivity (Wildman–Crippen MR) is 96.9 cm³/mol. The van der Waals surface area contributed by atoms with E-state index in [9.17, 15) is 4.79 Å². The highest BCUT2D eigenvalue weighted by Gasteiger charge is 2.26. The number of nitrogens with zero attached hydrogens (tertiary/aromatic N) is 2. The van der Waals surface area contributed by atoms with Crippen molar-refractivity contribution < 1.29 is 9.53 Å². The van der Waals surface area contributed by atoms with Crippen LogP contribution >= 0.6 is 0 Å². The number of carbonyl (C=O) groups is 1. The van der Waals surface area contributed by atoms with Gasteiger partial charge in [-0.05, 0) is 44.9 Å². The third kappa shape index (κ3) is 6.97. The molecule has 0 saturated heterocycles. The van der Waals surface area contributed by atoms with Crippen LogP contribution in [-0.4, -0.2) is 63.5 Å². The summed E-state index contributed by atoms with van der Waals surface area (Å²) in [5.74, 6) is 0.960. The average molecular weight is 318 g/mol. The predicted octanol–water partition coefficient (Wildman–Crippen LogP) is 2.80. The van der Waals surface area contributed by atoms with Crippen molar-refractivity contribution in [1.29, 1.82) is 0 Å². The summed E-state index contributed by atoms with van der Waals surface area (Å²) in [5.41, 5.74) is 0.597. The zero-order valence-corrected chi connectivity index (χ0v) is 15.3. The van der Waals surface area contributed by atoms with Gasteiger partial charge in [0.15, 0.2) is 5.78 Å². The van der Waals surface area contributed by atoms with Crippen LogP contribution in [0.25, 0.3) is 6.08 Å². The highest BCUT2D eigenvalue weighted by atomic mass is 16.5. The van der Waals surface area contributed by atoms with E-state index in [2.05, 4.69) is 30.9 Å². The summed E-state index contributed by atoms with van der Waals surface area (Å²) >= 11 is 0. The number of allylic oxidation sites excluding steroid dienone is 1. The van der Waals surface area contributed by atoms with Crippen LogP contribution in [0.2, 0.25) is 0 Å². The molecule has 1 aromatic rings. The molecule has 0 saturated carbocycles. The lowest BCUT2D eigenvalue weighted by Gasteiger charge is -2.28. The minimum atomic E-state index is -0.399. The number of carbonyl (C=O) groups excluding carboxylic acids is 1. The van der Waals surface area contributed by atoms with Crippen molar-refractivity contribution >= 4 is 11.9 Å². The van der Waals surface area contributed by atoms with E-state index >= 15 is 0 Å². The third-order valence-corrected chi connectivity index (χ3v) is 3.80. The Morgan fingerprint density at radius 2 is 1.74 bits per heavy atom. The molecule has 4 nitrogen and oxygen atoms in total. The molecule has 0 aliphatic heterocycles. The minimum Gasteiger partial charge on any atom is -0.497 e. The van der Waals surface area contributed by atoms with E-state index in [1.807, 2.05) is 44.2 Å². The van der Waals surface area contributed by atoms with E-state index in [-0.39, 0.29) is 5.78 Å². The lowest BCUT2D eigenvalue weighted by molar-refractivity contribution is -0.122. The number of ether oxygens (including phenoxy) is 1. The van der Waals surface area contributed by atoms with Crippen LogP contribution in [0.5, 0.6) is 5.75 Å². The monoisotopic (exact) mass is 318 g/mol. The Hall–Kier alpha value is -1.65. The molecule has 1 aromatic carbocycles. The van der Waals surface area contributed by atoms with Crippen molar-refractivity contribution in [3.05, 3.63) is 35.9 Å². The lowest BCUT2D eigenvalue weighted by atomic mass is 9.87. The molecule has 1 rings (SSSR count). The van der Waals surface area contributed by atoms with Crippen LogP contribution in [0.4, 0.5) is 0 Å². The Bertz CT molecular complexity index is 519. The Kier molecular flexibility index (Phi) is 7.46. The molecular weight excluding hydrogens is 288 g/mol. The van der Waals surface area contributed by atoms with Crippen molar-refractivity contribution in [3.63, 3.8) is 0 Å². The second-order valence-corrected chi connectivity index (χ2v) is 6.90. The fourth-order valence-electron chi connectivity index (χ4n) is 2.32. The molecular formula is C19H30N2O2. The van der Waals surface area contributed by atoms with Gasteiger partial charge in [0.05, 0.1) is 7.11 Å². The molecule has 0 unspecified atom stereocenters. The van der Waals surface area contributed by atoms with Crippen molar-refractivity contribution in [2.24, 2.45) is 5.41 Å². The summed E-state index contributed by atoms with van der Waals surface area (Å²) in [5, 5.41) is 0. The van der Waals surface area contributed by atoms with Gasteiger partial charge in [0.25, 0.3) is 0 Å². The van der Waals surface area contributed by atoms with Crippen molar-refractivity contribution in [3.8, 4) is 5.75 Å². The molecule has 0 bridgehead atoms. The first-order valence-electron chi connectivity index (χ1n) is 7.94. The maximum atomic E-state index is 12.5. The van der Waals surface area contributed by atoms with E-state index in [0.717, 1.165) is 30.9 Å². The van der Waals surface area contributed by atoms with Crippen molar-refractivity contribution in [1.82, 2.24) is 9.80 Å². The molecule has 0 aliphatic rings. The summed E-state index contributed by atoms with van der Waals surface area (Å²) in [4.78, 5) is 16.8. The van der Waals surface area contributed by atoms with Gasteiger partial charge >= 0.3 is 0 Å². The Morgan fingerprint density at radius 1 is 1.13 bits per heavy atom. The van der Waals surface area contributed by atoms with Gasteiger partial charge in [-0.2, -0.15) is 0 Å². The molecule has 128 valence electrons. The second-order valence-electron chi connectivity index (χ2n) is 6.90. The quantitative estimate of drug-likeness (QED) is 0.656. The van der Waals surface area contributed by atoms with Gasteiger partial charge in [-0.15, -0.1) is 0 Å². The van der Waals surface area contributed by atoms with Gasteiger partial charge in [-0.3, -0.25) is 4.79 Å². The summed E-state index contributed by atoms with van der Waals surface area (Å²) in [7, 11) is 7.82. The molecule has 0 spiro atoms. The number of likely N-dealkylation sites (N-methyl/N-ethyl adjacent to an activating group) is 2. The number of benzene rings is 1.